The summed E-state index contributed by atoms with van der Waals surface area (Å²) >= 11 is 0. The zero-order valence-electron chi connectivity index (χ0n) is 6.69. The molecule has 0 aromatic heterocycles. The van der Waals surface area contributed by atoms with E-state index in [2.05, 4.69) is 0 Å². The van der Waals surface area contributed by atoms with Crippen molar-refractivity contribution in [2.24, 2.45) is 5.92 Å². The van der Waals surface area contributed by atoms with Crippen LogP contribution in [0, 0.1) is 5.92 Å². The second-order valence-electron chi connectivity index (χ2n) is 3.11. The van der Waals surface area contributed by atoms with E-state index in [-0.39, 0.29) is 24.9 Å². The minimum Gasteiger partial charge on any atom is -0.342 e. The standard InChI is InChI=1S/C7H10F3NO/c1-5(12)11-3-6(4-11)2-7(8,9)10/h6H,2-4H2,1H3. The molecule has 1 amide bonds. The highest BCUT2D eigenvalue weighted by Crippen LogP contribution is 2.30. The Balaban J connectivity index is 2.22. The molecule has 1 heterocycles. The van der Waals surface area contributed by atoms with Crippen LogP contribution in [-0.2, 0) is 4.79 Å². The van der Waals surface area contributed by atoms with Crippen molar-refractivity contribution < 1.29 is 18.0 Å². The number of hydrogen-bond acceptors (Lipinski definition) is 1. The van der Waals surface area contributed by atoms with Gasteiger partial charge in [0, 0.05) is 32.4 Å². The zero-order chi connectivity index (χ0) is 9.35. The molecule has 5 heteroatoms. The number of halogens is 3. The molecule has 0 N–H and O–H groups in total. The van der Waals surface area contributed by atoms with Gasteiger partial charge in [-0.15, -0.1) is 0 Å². The number of nitrogens with zero attached hydrogens (tertiary/aromatic N) is 1. The van der Waals surface area contributed by atoms with Crippen molar-refractivity contribution in [2.45, 2.75) is 19.5 Å². The van der Waals surface area contributed by atoms with Crippen molar-refractivity contribution >= 4 is 5.91 Å². The molecule has 12 heavy (non-hydrogen) atoms. The maximum atomic E-state index is 11.8. The number of amides is 1. The molecule has 1 aliphatic rings. The molecular weight excluding hydrogens is 171 g/mol. The largest absolute Gasteiger partial charge is 0.389 e. The third-order valence-electron chi connectivity index (χ3n) is 1.92. The normalized spacial score (nSPS) is 19.2. The van der Waals surface area contributed by atoms with E-state index in [0.29, 0.717) is 0 Å². The number of likely N-dealkylation sites (tertiary alicyclic amines) is 1. The molecule has 0 aromatic carbocycles. The predicted octanol–water partition coefficient (Wildman–Crippen LogP) is 1.42. The Morgan fingerprint density at radius 2 is 2.00 bits per heavy atom. The maximum Gasteiger partial charge on any atom is 0.389 e. The Morgan fingerprint density at radius 1 is 1.50 bits per heavy atom. The number of alkyl halides is 3. The van der Waals surface area contributed by atoms with Crippen LogP contribution in [0.1, 0.15) is 13.3 Å². The topological polar surface area (TPSA) is 20.3 Å². The van der Waals surface area contributed by atoms with Crippen molar-refractivity contribution in [1.82, 2.24) is 4.90 Å². The molecule has 0 atom stereocenters. The molecule has 70 valence electrons. The van der Waals surface area contributed by atoms with E-state index in [1.165, 1.54) is 11.8 Å². The van der Waals surface area contributed by atoms with Gasteiger partial charge in [-0.3, -0.25) is 4.79 Å². The fourth-order valence-electron chi connectivity index (χ4n) is 1.28. The predicted molar refractivity (Wildman–Crippen MR) is 36.4 cm³/mol. The van der Waals surface area contributed by atoms with Crippen LogP contribution in [0.25, 0.3) is 0 Å². The maximum absolute atomic E-state index is 11.8. The minimum atomic E-state index is -4.09. The first kappa shape index (κ1) is 9.35. The van der Waals surface area contributed by atoms with Crippen molar-refractivity contribution in [3.05, 3.63) is 0 Å². The van der Waals surface area contributed by atoms with Crippen LogP contribution >= 0.6 is 0 Å². The van der Waals surface area contributed by atoms with Crippen molar-refractivity contribution in [3.63, 3.8) is 0 Å². The average molecular weight is 181 g/mol. The first-order valence-corrected chi connectivity index (χ1v) is 3.71. The molecule has 1 rings (SSSR count). The third kappa shape index (κ3) is 2.39. The van der Waals surface area contributed by atoms with Gasteiger partial charge in [0.2, 0.25) is 5.91 Å². The van der Waals surface area contributed by atoms with Gasteiger partial charge in [0.25, 0.3) is 0 Å². The summed E-state index contributed by atoms with van der Waals surface area (Å²) in [7, 11) is 0. The Labute approximate surface area is 68.3 Å². The fraction of sp³-hybridized carbons (Fsp3) is 0.857. The van der Waals surface area contributed by atoms with E-state index in [1.807, 2.05) is 0 Å². The lowest BCUT2D eigenvalue weighted by Crippen LogP contribution is -2.50. The van der Waals surface area contributed by atoms with Crippen LogP contribution < -0.4 is 0 Å². The summed E-state index contributed by atoms with van der Waals surface area (Å²) in [5.74, 6) is -0.526. The van der Waals surface area contributed by atoms with Gasteiger partial charge >= 0.3 is 6.18 Å². The van der Waals surface area contributed by atoms with E-state index >= 15 is 0 Å². The first-order chi connectivity index (χ1) is 5.38. The van der Waals surface area contributed by atoms with Gasteiger partial charge in [-0.25, -0.2) is 0 Å². The number of rotatable bonds is 1. The summed E-state index contributed by atoms with van der Waals surface area (Å²) in [6, 6.07) is 0. The SMILES string of the molecule is CC(=O)N1CC(CC(F)(F)F)C1. The molecule has 2 nitrogen and oxygen atoms in total. The number of carbonyl (C=O) groups is 1. The average Bonchev–Trinajstić information content (AvgIpc) is 1.74. The van der Waals surface area contributed by atoms with E-state index in [0.717, 1.165) is 0 Å². The Morgan fingerprint density at radius 3 is 2.33 bits per heavy atom. The lowest BCUT2D eigenvalue weighted by molar-refractivity contribution is -0.162. The summed E-state index contributed by atoms with van der Waals surface area (Å²) in [4.78, 5) is 12.0. The third-order valence-corrected chi connectivity index (χ3v) is 1.92. The van der Waals surface area contributed by atoms with Gasteiger partial charge in [-0.1, -0.05) is 0 Å². The molecule has 1 saturated heterocycles. The summed E-state index contributed by atoms with van der Waals surface area (Å²) in [6.07, 6.45) is -4.86. The van der Waals surface area contributed by atoms with Crippen molar-refractivity contribution in [3.8, 4) is 0 Å². The summed E-state index contributed by atoms with van der Waals surface area (Å²) in [5, 5.41) is 0. The zero-order valence-corrected chi connectivity index (χ0v) is 6.69. The molecular formula is C7H10F3NO. The highest BCUT2D eigenvalue weighted by molar-refractivity contribution is 5.74. The second kappa shape index (κ2) is 2.95. The number of carbonyl (C=O) groups excluding carboxylic acids is 1. The van der Waals surface area contributed by atoms with Crippen LogP contribution in [0.4, 0.5) is 13.2 Å². The van der Waals surface area contributed by atoms with E-state index in [4.69, 9.17) is 0 Å². The Bertz CT molecular complexity index is 184. The summed E-state index contributed by atoms with van der Waals surface area (Å²) in [6.45, 7) is 1.88. The molecule has 0 unspecified atom stereocenters. The summed E-state index contributed by atoms with van der Waals surface area (Å²) in [5.41, 5.74) is 0. The lowest BCUT2D eigenvalue weighted by Gasteiger charge is -2.38. The van der Waals surface area contributed by atoms with Gasteiger partial charge < -0.3 is 4.90 Å². The van der Waals surface area contributed by atoms with Gasteiger partial charge in [0.1, 0.15) is 0 Å². The van der Waals surface area contributed by atoms with Gasteiger partial charge in [0.05, 0.1) is 0 Å². The molecule has 0 spiro atoms. The van der Waals surface area contributed by atoms with Gasteiger partial charge in [-0.05, 0) is 0 Å². The summed E-state index contributed by atoms with van der Waals surface area (Å²) < 4.78 is 35.3. The molecule has 0 radical (unpaired) electrons. The molecule has 0 bridgehead atoms. The first-order valence-electron chi connectivity index (χ1n) is 3.71. The minimum absolute atomic E-state index is 0.145. The van der Waals surface area contributed by atoms with Crippen LogP contribution in [0.2, 0.25) is 0 Å². The van der Waals surface area contributed by atoms with Crippen molar-refractivity contribution in [1.29, 1.82) is 0 Å². The molecule has 0 saturated carbocycles. The molecule has 0 aliphatic carbocycles. The fourth-order valence-corrected chi connectivity index (χ4v) is 1.28. The Kier molecular flexibility index (Phi) is 2.30. The second-order valence-corrected chi connectivity index (χ2v) is 3.11. The van der Waals surface area contributed by atoms with Crippen LogP contribution in [-0.4, -0.2) is 30.1 Å². The lowest BCUT2D eigenvalue weighted by atomic mass is 9.96. The van der Waals surface area contributed by atoms with Crippen molar-refractivity contribution in [2.75, 3.05) is 13.1 Å². The van der Waals surface area contributed by atoms with E-state index in [9.17, 15) is 18.0 Å². The Hall–Kier alpha value is -0.740. The van der Waals surface area contributed by atoms with Crippen LogP contribution in [0.15, 0.2) is 0 Å². The monoisotopic (exact) mass is 181 g/mol. The van der Waals surface area contributed by atoms with E-state index < -0.39 is 12.6 Å². The molecule has 0 aromatic rings. The van der Waals surface area contributed by atoms with Crippen LogP contribution in [0.5, 0.6) is 0 Å². The smallest absolute Gasteiger partial charge is 0.342 e. The highest BCUT2D eigenvalue weighted by Gasteiger charge is 2.38. The highest BCUT2D eigenvalue weighted by atomic mass is 19.4. The van der Waals surface area contributed by atoms with Crippen LogP contribution in [0.3, 0.4) is 0 Å². The van der Waals surface area contributed by atoms with Gasteiger partial charge in [-0.2, -0.15) is 13.2 Å². The molecule has 1 aliphatic heterocycles. The van der Waals surface area contributed by atoms with Gasteiger partial charge in [0.15, 0.2) is 0 Å². The van der Waals surface area contributed by atoms with E-state index in [1.54, 1.807) is 0 Å². The number of hydrogen-bond donors (Lipinski definition) is 0. The quantitative estimate of drug-likeness (QED) is 0.599. The molecule has 1 fully saturated rings.